The maximum atomic E-state index is 12.0. The Morgan fingerprint density at radius 3 is 1.95 bits per heavy atom. The second kappa shape index (κ2) is 6.87. The molecule has 0 fully saturated rings. The van der Waals surface area contributed by atoms with Gasteiger partial charge in [0.25, 0.3) is 10.1 Å². The van der Waals surface area contributed by atoms with Gasteiger partial charge in [-0.05, 0) is 44.4 Å². The molecule has 0 aliphatic heterocycles. The summed E-state index contributed by atoms with van der Waals surface area (Å²) in [4.78, 5) is 0.212. The van der Waals surface area contributed by atoms with Crippen LogP contribution in [0.4, 0.5) is 0 Å². The Balaban J connectivity index is 1.85. The smallest absolute Gasteiger partial charge is 0.266 e. The van der Waals surface area contributed by atoms with Gasteiger partial charge < -0.3 is 0 Å². The molecule has 0 spiro atoms. The van der Waals surface area contributed by atoms with Gasteiger partial charge in [0.2, 0.25) is 0 Å². The molecule has 2 aromatic carbocycles. The second-order valence-electron chi connectivity index (χ2n) is 5.18. The second-order valence-corrected chi connectivity index (χ2v) is 6.79. The molecule has 0 bridgehead atoms. The SMILES string of the molecule is Cc1ccc(CCCOS(=O)(=O)c2ccc(C)cc2)cc1. The lowest BCUT2D eigenvalue weighted by Crippen LogP contribution is -2.08. The van der Waals surface area contributed by atoms with Crippen LogP contribution in [0.3, 0.4) is 0 Å². The fourth-order valence-corrected chi connectivity index (χ4v) is 2.92. The number of aryl methyl sites for hydroxylation is 3. The van der Waals surface area contributed by atoms with Crippen molar-refractivity contribution in [3.63, 3.8) is 0 Å². The predicted molar refractivity (Wildman–Crippen MR) is 83.8 cm³/mol. The fraction of sp³-hybridized carbons (Fsp3) is 0.294. The van der Waals surface area contributed by atoms with Gasteiger partial charge in [0, 0.05) is 0 Å². The third kappa shape index (κ3) is 4.69. The molecule has 4 heteroatoms. The van der Waals surface area contributed by atoms with E-state index in [9.17, 15) is 8.42 Å². The van der Waals surface area contributed by atoms with E-state index in [2.05, 4.69) is 24.3 Å². The Labute approximate surface area is 126 Å². The van der Waals surface area contributed by atoms with E-state index in [0.29, 0.717) is 6.42 Å². The van der Waals surface area contributed by atoms with Crippen LogP contribution in [0.25, 0.3) is 0 Å². The highest BCUT2D eigenvalue weighted by Crippen LogP contribution is 2.14. The van der Waals surface area contributed by atoms with Crippen LogP contribution >= 0.6 is 0 Å². The highest BCUT2D eigenvalue weighted by Gasteiger charge is 2.14. The van der Waals surface area contributed by atoms with Crippen molar-refractivity contribution in [2.24, 2.45) is 0 Å². The average molecular weight is 304 g/mol. The summed E-state index contributed by atoms with van der Waals surface area (Å²) in [6, 6.07) is 14.9. The summed E-state index contributed by atoms with van der Waals surface area (Å²) in [6.07, 6.45) is 1.48. The summed E-state index contributed by atoms with van der Waals surface area (Å²) >= 11 is 0. The van der Waals surface area contributed by atoms with Gasteiger partial charge in [-0.25, -0.2) is 0 Å². The lowest BCUT2D eigenvalue weighted by atomic mass is 10.1. The zero-order chi connectivity index (χ0) is 15.3. The van der Waals surface area contributed by atoms with Crippen LogP contribution in [0.1, 0.15) is 23.1 Å². The van der Waals surface area contributed by atoms with E-state index in [0.717, 1.165) is 12.0 Å². The number of hydrogen-bond donors (Lipinski definition) is 0. The topological polar surface area (TPSA) is 43.4 Å². The molecule has 21 heavy (non-hydrogen) atoms. The van der Waals surface area contributed by atoms with Gasteiger partial charge in [0.1, 0.15) is 0 Å². The van der Waals surface area contributed by atoms with Crippen LogP contribution in [0, 0.1) is 13.8 Å². The molecule has 0 saturated carbocycles. The van der Waals surface area contributed by atoms with E-state index in [1.54, 1.807) is 24.3 Å². The van der Waals surface area contributed by atoms with Gasteiger partial charge in [-0.2, -0.15) is 8.42 Å². The van der Waals surface area contributed by atoms with Crippen LogP contribution in [-0.4, -0.2) is 15.0 Å². The van der Waals surface area contributed by atoms with Gasteiger partial charge in [0.05, 0.1) is 11.5 Å². The first-order valence-corrected chi connectivity index (χ1v) is 8.40. The van der Waals surface area contributed by atoms with E-state index in [-0.39, 0.29) is 11.5 Å². The predicted octanol–water partition coefficient (Wildman–Crippen LogP) is 3.64. The molecule has 0 aliphatic rings. The summed E-state index contributed by atoms with van der Waals surface area (Å²) in [7, 11) is -3.64. The molecule has 0 aromatic heterocycles. The molecule has 0 N–H and O–H groups in total. The third-order valence-electron chi connectivity index (χ3n) is 3.28. The van der Waals surface area contributed by atoms with Crippen molar-refractivity contribution in [1.29, 1.82) is 0 Å². The molecule has 0 saturated heterocycles. The monoisotopic (exact) mass is 304 g/mol. The molecule has 0 heterocycles. The van der Waals surface area contributed by atoms with Gasteiger partial charge in [-0.1, -0.05) is 47.5 Å². The van der Waals surface area contributed by atoms with Gasteiger partial charge in [-0.3, -0.25) is 4.18 Å². The minimum Gasteiger partial charge on any atom is -0.266 e. The maximum Gasteiger partial charge on any atom is 0.296 e. The average Bonchev–Trinajstić information content (AvgIpc) is 2.46. The van der Waals surface area contributed by atoms with E-state index in [1.165, 1.54) is 11.1 Å². The molecule has 2 aromatic rings. The molecule has 3 nitrogen and oxygen atoms in total. The third-order valence-corrected chi connectivity index (χ3v) is 4.61. The van der Waals surface area contributed by atoms with Crippen molar-refractivity contribution in [2.75, 3.05) is 6.61 Å². The first-order valence-electron chi connectivity index (χ1n) is 6.99. The zero-order valence-corrected chi connectivity index (χ0v) is 13.2. The van der Waals surface area contributed by atoms with Gasteiger partial charge in [0.15, 0.2) is 0 Å². The minimum atomic E-state index is -3.64. The Morgan fingerprint density at radius 1 is 0.857 bits per heavy atom. The molecular weight excluding hydrogens is 284 g/mol. The van der Waals surface area contributed by atoms with E-state index in [4.69, 9.17) is 4.18 Å². The summed E-state index contributed by atoms with van der Waals surface area (Å²) < 4.78 is 29.0. The van der Waals surface area contributed by atoms with E-state index >= 15 is 0 Å². The summed E-state index contributed by atoms with van der Waals surface area (Å²) in [5.74, 6) is 0. The molecular formula is C17H20O3S. The number of rotatable bonds is 6. The zero-order valence-electron chi connectivity index (χ0n) is 12.4. The molecule has 2 rings (SSSR count). The van der Waals surface area contributed by atoms with Crippen molar-refractivity contribution in [2.45, 2.75) is 31.6 Å². The molecule has 0 amide bonds. The van der Waals surface area contributed by atoms with Gasteiger partial charge >= 0.3 is 0 Å². The lowest BCUT2D eigenvalue weighted by Gasteiger charge is -2.06. The van der Waals surface area contributed by atoms with Crippen LogP contribution < -0.4 is 0 Å². The molecule has 112 valence electrons. The minimum absolute atomic E-state index is 0.198. The summed E-state index contributed by atoms with van der Waals surface area (Å²) in [5.41, 5.74) is 3.43. The number of benzene rings is 2. The van der Waals surface area contributed by atoms with Crippen molar-refractivity contribution in [3.8, 4) is 0 Å². The lowest BCUT2D eigenvalue weighted by molar-refractivity contribution is 0.312. The quantitative estimate of drug-likeness (QED) is 0.604. The first kappa shape index (κ1) is 15.7. The Kier molecular flexibility index (Phi) is 5.15. The largest absolute Gasteiger partial charge is 0.296 e. The highest BCUT2D eigenvalue weighted by atomic mass is 32.2. The van der Waals surface area contributed by atoms with E-state index < -0.39 is 10.1 Å². The molecule has 0 unspecified atom stereocenters. The Morgan fingerprint density at radius 2 is 1.38 bits per heavy atom. The number of hydrogen-bond acceptors (Lipinski definition) is 3. The Bertz CT molecular complexity index is 671. The van der Waals surface area contributed by atoms with Crippen molar-refractivity contribution in [1.82, 2.24) is 0 Å². The van der Waals surface area contributed by atoms with Crippen molar-refractivity contribution in [3.05, 3.63) is 65.2 Å². The highest BCUT2D eigenvalue weighted by molar-refractivity contribution is 7.86. The molecule has 0 radical (unpaired) electrons. The standard InChI is InChI=1S/C17H20O3S/c1-14-5-9-16(10-6-14)4-3-13-20-21(18,19)17-11-7-15(2)8-12-17/h5-12H,3-4,13H2,1-2H3. The van der Waals surface area contributed by atoms with Crippen LogP contribution in [0.5, 0.6) is 0 Å². The van der Waals surface area contributed by atoms with Crippen molar-refractivity contribution < 1.29 is 12.6 Å². The van der Waals surface area contributed by atoms with Gasteiger partial charge in [-0.15, -0.1) is 0 Å². The van der Waals surface area contributed by atoms with Crippen LogP contribution in [0.15, 0.2) is 53.4 Å². The first-order chi connectivity index (χ1) is 9.97. The normalized spacial score (nSPS) is 11.5. The summed E-state index contributed by atoms with van der Waals surface area (Å²) in [6.45, 7) is 4.16. The van der Waals surface area contributed by atoms with E-state index in [1.807, 2.05) is 13.8 Å². The van der Waals surface area contributed by atoms with Crippen LogP contribution in [-0.2, 0) is 20.7 Å². The molecule has 0 aliphatic carbocycles. The Hall–Kier alpha value is -1.65. The maximum absolute atomic E-state index is 12.0. The summed E-state index contributed by atoms with van der Waals surface area (Å²) in [5, 5.41) is 0. The van der Waals surface area contributed by atoms with Crippen molar-refractivity contribution >= 4 is 10.1 Å². The fourth-order valence-electron chi connectivity index (χ4n) is 1.97. The van der Waals surface area contributed by atoms with Crippen LogP contribution in [0.2, 0.25) is 0 Å². The molecule has 0 atom stereocenters.